The van der Waals surface area contributed by atoms with E-state index >= 15 is 0 Å². The molecule has 0 saturated heterocycles. The molecule has 0 unspecified atom stereocenters. The van der Waals surface area contributed by atoms with Crippen LogP contribution in [0.2, 0.25) is 0 Å². The quantitative estimate of drug-likeness (QED) is 0.798. The van der Waals surface area contributed by atoms with Gasteiger partial charge in [-0.2, -0.15) is 5.26 Å². The topological polar surface area (TPSA) is 56.1 Å². The largest absolute Gasteiger partial charge is 0.374 e. The molecule has 0 bridgehead atoms. The Morgan fingerprint density at radius 1 is 1.18 bits per heavy atom. The molecule has 1 fully saturated rings. The Hall–Kier alpha value is -3.24. The number of hydrogen-bond donors (Lipinski definition) is 1. The standard InChI is InChI=1S/C24H25N3O/c1-18-15-20(8-6-14-26-22-9-5-7-21(16-22)17-25)12-13-24(18)27(19(2)28)23-10-3-4-11-23/h5,7,9,12-13,15-16,23,26H,3-4,10-11,14H2,1-2H3. The minimum atomic E-state index is 0.109. The Bertz CT molecular complexity index is 956. The fourth-order valence-corrected chi connectivity index (χ4v) is 3.78. The third kappa shape index (κ3) is 4.72. The van der Waals surface area contributed by atoms with E-state index in [0.29, 0.717) is 18.2 Å². The van der Waals surface area contributed by atoms with Crippen LogP contribution >= 0.6 is 0 Å². The van der Waals surface area contributed by atoms with Crippen molar-refractivity contribution in [2.75, 3.05) is 16.8 Å². The summed E-state index contributed by atoms with van der Waals surface area (Å²) in [5.74, 6) is 6.39. The average molecular weight is 371 g/mol. The second-order valence-corrected chi connectivity index (χ2v) is 7.18. The van der Waals surface area contributed by atoms with Crippen LogP contribution in [-0.2, 0) is 4.79 Å². The summed E-state index contributed by atoms with van der Waals surface area (Å²) in [6, 6.07) is 15.8. The molecule has 4 heteroatoms. The summed E-state index contributed by atoms with van der Waals surface area (Å²) in [5.41, 5.74) is 4.51. The molecule has 0 radical (unpaired) electrons. The highest BCUT2D eigenvalue weighted by Gasteiger charge is 2.26. The first-order chi connectivity index (χ1) is 13.6. The predicted molar refractivity (Wildman–Crippen MR) is 113 cm³/mol. The molecule has 0 aromatic heterocycles. The zero-order valence-corrected chi connectivity index (χ0v) is 16.5. The van der Waals surface area contributed by atoms with Crippen molar-refractivity contribution < 1.29 is 4.79 Å². The van der Waals surface area contributed by atoms with Crippen molar-refractivity contribution in [3.05, 3.63) is 59.2 Å². The smallest absolute Gasteiger partial charge is 0.224 e. The molecule has 3 rings (SSSR count). The maximum atomic E-state index is 12.2. The highest BCUT2D eigenvalue weighted by molar-refractivity contribution is 5.93. The van der Waals surface area contributed by atoms with Gasteiger partial charge in [-0.05, 0) is 61.7 Å². The van der Waals surface area contributed by atoms with Crippen LogP contribution in [0.15, 0.2) is 42.5 Å². The van der Waals surface area contributed by atoms with E-state index in [4.69, 9.17) is 5.26 Å². The van der Waals surface area contributed by atoms with Gasteiger partial charge in [0.2, 0.25) is 5.91 Å². The number of anilines is 2. The third-order valence-electron chi connectivity index (χ3n) is 5.09. The number of rotatable bonds is 4. The van der Waals surface area contributed by atoms with Crippen molar-refractivity contribution in [1.82, 2.24) is 0 Å². The van der Waals surface area contributed by atoms with E-state index in [9.17, 15) is 4.79 Å². The number of carbonyl (C=O) groups excluding carboxylic acids is 1. The van der Waals surface area contributed by atoms with Gasteiger partial charge in [-0.15, -0.1) is 0 Å². The molecule has 142 valence electrons. The van der Waals surface area contributed by atoms with Gasteiger partial charge >= 0.3 is 0 Å². The van der Waals surface area contributed by atoms with Crippen molar-refractivity contribution in [2.45, 2.75) is 45.6 Å². The number of benzene rings is 2. The maximum Gasteiger partial charge on any atom is 0.224 e. The second kappa shape index (κ2) is 9.11. The van der Waals surface area contributed by atoms with Crippen LogP contribution in [0.1, 0.15) is 49.3 Å². The number of carbonyl (C=O) groups is 1. The Labute approximate surface area is 167 Å². The Balaban J connectivity index is 1.68. The van der Waals surface area contributed by atoms with Crippen LogP contribution in [0.3, 0.4) is 0 Å². The number of nitrogens with zero attached hydrogens (tertiary/aromatic N) is 2. The number of nitrogens with one attached hydrogen (secondary N) is 1. The molecule has 0 heterocycles. The zero-order valence-electron chi connectivity index (χ0n) is 16.5. The van der Waals surface area contributed by atoms with Gasteiger partial charge in [0.15, 0.2) is 0 Å². The van der Waals surface area contributed by atoms with E-state index in [0.717, 1.165) is 35.3 Å². The molecule has 0 aliphatic heterocycles. The Morgan fingerprint density at radius 2 is 1.96 bits per heavy atom. The van der Waals surface area contributed by atoms with Crippen molar-refractivity contribution in [2.24, 2.45) is 0 Å². The van der Waals surface area contributed by atoms with E-state index in [1.54, 1.807) is 19.1 Å². The van der Waals surface area contributed by atoms with Gasteiger partial charge in [0, 0.05) is 29.9 Å². The number of amides is 1. The van der Waals surface area contributed by atoms with Crippen LogP contribution in [0.5, 0.6) is 0 Å². The van der Waals surface area contributed by atoms with Crippen LogP contribution in [0, 0.1) is 30.1 Å². The maximum absolute atomic E-state index is 12.2. The van der Waals surface area contributed by atoms with Gasteiger partial charge in [0.05, 0.1) is 18.2 Å². The lowest BCUT2D eigenvalue weighted by Crippen LogP contribution is -2.37. The van der Waals surface area contributed by atoms with Crippen LogP contribution in [0.25, 0.3) is 0 Å². The second-order valence-electron chi connectivity index (χ2n) is 7.18. The molecular formula is C24H25N3O. The van der Waals surface area contributed by atoms with Crippen molar-refractivity contribution in [3.8, 4) is 17.9 Å². The molecule has 4 nitrogen and oxygen atoms in total. The number of aryl methyl sites for hydroxylation is 1. The van der Waals surface area contributed by atoms with E-state index in [1.807, 2.05) is 42.2 Å². The summed E-state index contributed by atoms with van der Waals surface area (Å²) in [7, 11) is 0. The van der Waals surface area contributed by atoms with E-state index in [2.05, 4.69) is 23.2 Å². The fourth-order valence-electron chi connectivity index (χ4n) is 3.78. The SMILES string of the molecule is CC(=O)N(c1ccc(C#CCNc2cccc(C#N)c2)cc1C)C1CCCC1. The van der Waals surface area contributed by atoms with Crippen molar-refractivity contribution >= 4 is 17.3 Å². The molecule has 2 aromatic rings. The van der Waals surface area contributed by atoms with E-state index in [-0.39, 0.29) is 5.91 Å². The zero-order chi connectivity index (χ0) is 19.9. The Kier molecular flexibility index (Phi) is 6.35. The van der Waals surface area contributed by atoms with Gasteiger partial charge in [-0.3, -0.25) is 4.79 Å². The normalized spacial score (nSPS) is 13.3. The van der Waals surface area contributed by atoms with Crippen molar-refractivity contribution in [3.63, 3.8) is 0 Å². The summed E-state index contributed by atoms with van der Waals surface area (Å²) in [5, 5.41) is 12.2. The first-order valence-electron chi connectivity index (χ1n) is 9.72. The molecule has 0 atom stereocenters. The van der Waals surface area contributed by atoms with Gasteiger partial charge in [-0.1, -0.05) is 30.7 Å². The number of nitriles is 1. The van der Waals surface area contributed by atoms with Gasteiger partial charge in [-0.25, -0.2) is 0 Å². The number of hydrogen-bond acceptors (Lipinski definition) is 3. The lowest BCUT2D eigenvalue weighted by atomic mass is 10.1. The van der Waals surface area contributed by atoms with Gasteiger partial charge in [0.1, 0.15) is 0 Å². The minimum Gasteiger partial charge on any atom is -0.374 e. The van der Waals surface area contributed by atoms with Gasteiger partial charge < -0.3 is 10.2 Å². The molecule has 1 aliphatic carbocycles. The molecule has 2 aromatic carbocycles. The van der Waals surface area contributed by atoms with Crippen LogP contribution in [0.4, 0.5) is 11.4 Å². The molecular weight excluding hydrogens is 346 g/mol. The lowest BCUT2D eigenvalue weighted by Gasteiger charge is -2.29. The first kappa shape index (κ1) is 19.5. The van der Waals surface area contributed by atoms with E-state index < -0.39 is 0 Å². The molecule has 0 spiro atoms. The van der Waals surface area contributed by atoms with Crippen molar-refractivity contribution in [1.29, 1.82) is 5.26 Å². The molecule has 1 amide bonds. The van der Waals surface area contributed by atoms with Gasteiger partial charge in [0.25, 0.3) is 0 Å². The summed E-state index contributed by atoms with van der Waals surface area (Å²) in [4.78, 5) is 14.2. The third-order valence-corrected chi connectivity index (χ3v) is 5.09. The highest BCUT2D eigenvalue weighted by Crippen LogP contribution is 2.30. The van der Waals surface area contributed by atoms with Crippen LogP contribution in [-0.4, -0.2) is 18.5 Å². The molecule has 28 heavy (non-hydrogen) atoms. The summed E-state index contributed by atoms with van der Waals surface area (Å²) < 4.78 is 0. The van der Waals surface area contributed by atoms with Crippen LogP contribution < -0.4 is 10.2 Å². The first-order valence-corrected chi connectivity index (χ1v) is 9.72. The summed E-state index contributed by atoms with van der Waals surface area (Å²) in [6.45, 7) is 4.19. The summed E-state index contributed by atoms with van der Waals surface area (Å²) >= 11 is 0. The molecule has 1 aliphatic rings. The highest BCUT2D eigenvalue weighted by atomic mass is 16.2. The predicted octanol–water partition coefficient (Wildman–Crippen LogP) is 4.63. The minimum absolute atomic E-state index is 0.109. The lowest BCUT2D eigenvalue weighted by molar-refractivity contribution is -0.117. The Morgan fingerprint density at radius 3 is 2.64 bits per heavy atom. The van der Waals surface area contributed by atoms with E-state index in [1.165, 1.54) is 12.8 Å². The molecule has 1 N–H and O–H groups in total. The molecule has 1 saturated carbocycles. The summed E-state index contributed by atoms with van der Waals surface area (Å²) in [6.07, 6.45) is 4.56. The average Bonchev–Trinajstić information content (AvgIpc) is 3.21. The fraction of sp³-hybridized carbons (Fsp3) is 0.333. The monoisotopic (exact) mass is 371 g/mol.